The van der Waals surface area contributed by atoms with Crippen LogP contribution in [0.2, 0.25) is 0 Å². The fourth-order valence-electron chi connectivity index (χ4n) is 2.64. The first kappa shape index (κ1) is 16.7. The molecule has 6 heteroatoms. The summed E-state index contributed by atoms with van der Waals surface area (Å²) < 4.78 is 16.2. The van der Waals surface area contributed by atoms with Crippen molar-refractivity contribution in [2.75, 3.05) is 12.4 Å². The summed E-state index contributed by atoms with van der Waals surface area (Å²) in [6.45, 7) is 1.88. The number of benzene rings is 2. The molecular weight excluding hydrogens is 320 g/mol. The number of nitrogens with one attached hydrogen (secondary N) is 1. The molecule has 3 rings (SSSR count). The Bertz CT molecular complexity index is 811. The van der Waals surface area contributed by atoms with Crippen molar-refractivity contribution < 1.29 is 19.0 Å². The molecule has 1 heterocycles. The minimum absolute atomic E-state index is 0.0588. The SMILES string of the molecule is COc1cc(C#N)ccc1Oc1ccc(N[C@@H]2C[C@@H](C)OC2=O)cc1. The second-order valence-corrected chi connectivity index (χ2v) is 5.78. The predicted octanol–water partition coefficient (Wildman–Crippen LogP) is 3.48. The first-order chi connectivity index (χ1) is 12.1. The van der Waals surface area contributed by atoms with Crippen molar-refractivity contribution in [2.24, 2.45) is 0 Å². The van der Waals surface area contributed by atoms with Gasteiger partial charge in [-0.15, -0.1) is 0 Å². The number of esters is 1. The number of cyclic esters (lactones) is 1. The smallest absolute Gasteiger partial charge is 0.328 e. The van der Waals surface area contributed by atoms with Crippen molar-refractivity contribution >= 4 is 11.7 Å². The number of rotatable bonds is 5. The summed E-state index contributed by atoms with van der Waals surface area (Å²) >= 11 is 0. The van der Waals surface area contributed by atoms with E-state index >= 15 is 0 Å². The maximum absolute atomic E-state index is 11.7. The molecule has 0 bridgehead atoms. The van der Waals surface area contributed by atoms with Gasteiger partial charge >= 0.3 is 5.97 Å². The van der Waals surface area contributed by atoms with Crippen LogP contribution in [0.5, 0.6) is 17.2 Å². The highest BCUT2D eigenvalue weighted by molar-refractivity contribution is 5.81. The van der Waals surface area contributed by atoms with Gasteiger partial charge in [-0.25, -0.2) is 4.79 Å². The third-order valence-electron chi connectivity index (χ3n) is 3.89. The van der Waals surface area contributed by atoms with E-state index in [0.717, 1.165) is 5.69 Å². The molecule has 0 aromatic heterocycles. The molecule has 25 heavy (non-hydrogen) atoms. The van der Waals surface area contributed by atoms with Gasteiger partial charge < -0.3 is 19.5 Å². The Labute approximate surface area is 145 Å². The van der Waals surface area contributed by atoms with Crippen LogP contribution < -0.4 is 14.8 Å². The average molecular weight is 338 g/mol. The van der Waals surface area contributed by atoms with Crippen molar-refractivity contribution in [2.45, 2.75) is 25.5 Å². The Morgan fingerprint density at radius 1 is 1.20 bits per heavy atom. The highest BCUT2D eigenvalue weighted by atomic mass is 16.6. The predicted molar refractivity (Wildman–Crippen MR) is 91.8 cm³/mol. The number of hydrogen-bond acceptors (Lipinski definition) is 6. The van der Waals surface area contributed by atoms with E-state index in [-0.39, 0.29) is 18.1 Å². The van der Waals surface area contributed by atoms with Crippen LogP contribution in [0.1, 0.15) is 18.9 Å². The first-order valence-corrected chi connectivity index (χ1v) is 7.92. The van der Waals surface area contributed by atoms with Gasteiger partial charge in [-0.1, -0.05) is 0 Å². The van der Waals surface area contributed by atoms with Gasteiger partial charge in [0.2, 0.25) is 0 Å². The molecule has 2 aromatic carbocycles. The van der Waals surface area contributed by atoms with Gasteiger partial charge in [0, 0.05) is 18.2 Å². The van der Waals surface area contributed by atoms with Crippen LogP contribution in [0.3, 0.4) is 0 Å². The van der Waals surface area contributed by atoms with Crippen LogP contribution in [-0.4, -0.2) is 25.2 Å². The third kappa shape index (κ3) is 3.83. The van der Waals surface area contributed by atoms with Crippen LogP contribution in [0, 0.1) is 11.3 Å². The Balaban J connectivity index is 1.69. The molecule has 1 aliphatic heterocycles. The van der Waals surface area contributed by atoms with Gasteiger partial charge in [0.05, 0.1) is 18.7 Å². The molecule has 0 amide bonds. The van der Waals surface area contributed by atoms with Gasteiger partial charge in [-0.05, 0) is 43.3 Å². The molecule has 0 saturated carbocycles. The highest BCUT2D eigenvalue weighted by Gasteiger charge is 2.31. The molecule has 0 radical (unpaired) electrons. The summed E-state index contributed by atoms with van der Waals surface area (Å²) in [5, 5.41) is 12.1. The molecule has 0 unspecified atom stereocenters. The van der Waals surface area contributed by atoms with Gasteiger partial charge in [-0.3, -0.25) is 0 Å². The lowest BCUT2D eigenvalue weighted by Crippen LogP contribution is -2.24. The Kier molecular flexibility index (Phi) is 4.75. The Morgan fingerprint density at radius 2 is 1.96 bits per heavy atom. The van der Waals surface area contributed by atoms with E-state index in [4.69, 9.17) is 19.5 Å². The lowest BCUT2D eigenvalue weighted by atomic mass is 10.2. The van der Waals surface area contributed by atoms with E-state index in [1.165, 1.54) is 7.11 Å². The van der Waals surface area contributed by atoms with Crippen molar-refractivity contribution in [3.05, 3.63) is 48.0 Å². The topological polar surface area (TPSA) is 80.6 Å². The standard InChI is InChI=1S/C19H18N2O4/c1-12-9-16(19(22)24-12)21-14-4-6-15(7-5-14)25-17-8-3-13(11-20)10-18(17)23-2/h3-8,10,12,16,21H,9H2,1-2H3/t12-,16-/m1/s1. The number of nitriles is 1. The molecule has 1 aliphatic rings. The molecule has 6 nitrogen and oxygen atoms in total. The molecule has 1 fully saturated rings. The monoisotopic (exact) mass is 338 g/mol. The fourth-order valence-corrected chi connectivity index (χ4v) is 2.64. The minimum atomic E-state index is -0.319. The third-order valence-corrected chi connectivity index (χ3v) is 3.89. The maximum atomic E-state index is 11.7. The van der Waals surface area contributed by atoms with Crippen molar-refractivity contribution in [1.82, 2.24) is 0 Å². The number of hydrogen-bond donors (Lipinski definition) is 1. The van der Waals surface area contributed by atoms with Crippen LogP contribution in [0.15, 0.2) is 42.5 Å². The number of carbonyl (C=O) groups is 1. The minimum Gasteiger partial charge on any atom is -0.493 e. The normalized spacial score (nSPS) is 19.0. The number of nitrogens with zero attached hydrogens (tertiary/aromatic N) is 1. The zero-order valence-electron chi connectivity index (χ0n) is 14.0. The molecule has 2 atom stereocenters. The van der Waals surface area contributed by atoms with Crippen molar-refractivity contribution in [1.29, 1.82) is 5.26 Å². The average Bonchev–Trinajstić information content (AvgIpc) is 2.94. The lowest BCUT2D eigenvalue weighted by molar-refractivity contribution is -0.141. The Hall–Kier alpha value is -3.20. The first-order valence-electron chi connectivity index (χ1n) is 7.92. The fraction of sp³-hybridized carbons (Fsp3) is 0.263. The van der Waals surface area contributed by atoms with Crippen LogP contribution >= 0.6 is 0 Å². The van der Waals surface area contributed by atoms with E-state index in [1.807, 2.05) is 19.1 Å². The van der Waals surface area contributed by atoms with E-state index in [2.05, 4.69) is 11.4 Å². The number of carbonyl (C=O) groups excluding carboxylic acids is 1. The molecule has 1 N–H and O–H groups in total. The number of methoxy groups -OCH3 is 1. The summed E-state index contributed by atoms with van der Waals surface area (Å²) in [5.41, 5.74) is 1.32. The summed E-state index contributed by atoms with van der Waals surface area (Å²) in [7, 11) is 1.53. The Morgan fingerprint density at radius 3 is 2.56 bits per heavy atom. The molecule has 1 saturated heterocycles. The van der Waals surface area contributed by atoms with Crippen LogP contribution in [0.25, 0.3) is 0 Å². The van der Waals surface area contributed by atoms with Gasteiger partial charge in [0.15, 0.2) is 11.5 Å². The number of ether oxygens (including phenoxy) is 3. The van der Waals surface area contributed by atoms with Crippen LogP contribution in [-0.2, 0) is 9.53 Å². The highest BCUT2D eigenvalue weighted by Crippen LogP contribution is 2.32. The van der Waals surface area contributed by atoms with E-state index in [0.29, 0.717) is 29.2 Å². The van der Waals surface area contributed by atoms with E-state index in [1.54, 1.807) is 30.3 Å². The largest absolute Gasteiger partial charge is 0.493 e. The second-order valence-electron chi connectivity index (χ2n) is 5.78. The van der Waals surface area contributed by atoms with Crippen LogP contribution in [0.4, 0.5) is 5.69 Å². The quantitative estimate of drug-likeness (QED) is 0.841. The molecule has 0 aliphatic carbocycles. The zero-order valence-corrected chi connectivity index (χ0v) is 14.0. The van der Waals surface area contributed by atoms with E-state index < -0.39 is 0 Å². The van der Waals surface area contributed by atoms with Gasteiger partial charge in [0.25, 0.3) is 0 Å². The second kappa shape index (κ2) is 7.14. The van der Waals surface area contributed by atoms with Crippen molar-refractivity contribution in [3.8, 4) is 23.3 Å². The molecule has 128 valence electrons. The summed E-state index contributed by atoms with van der Waals surface area (Å²) in [6, 6.07) is 14.0. The molecular formula is C19H18N2O4. The summed E-state index contributed by atoms with van der Waals surface area (Å²) in [6.07, 6.45) is 0.593. The zero-order chi connectivity index (χ0) is 17.8. The lowest BCUT2D eigenvalue weighted by Gasteiger charge is -2.13. The summed E-state index contributed by atoms with van der Waals surface area (Å²) in [4.78, 5) is 11.7. The summed E-state index contributed by atoms with van der Waals surface area (Å²) in [5.74, 6) is 1.41. The number of anilines is 1. The van der Waals surface area contributed by atoms with E-state index in [9.17, 15) is 4.79 Å². The molecule has 0 spiro atoms. The molecule has 2 aromatic rings. The van der Waals surface area contributed by atoms with Gasteiger partial charge in [-0.2, -0.15) is 5.26 Å². The van der Waals surface area contributed by atoms with Crippen molar-refractivity contribution in [3.63, 3.8) is 0 Å². The maximum Gasteiger partial charge on any atom is 0.328 e. The van der Waals surface area contributed by atoms with Gasteiger partial charge in [0.1, 0.15) is 17.9 Å².